The van der Waals surface area contributed by atoms with Crippen molar-refractivity contribution in [1.29, 1.82) is 0 Å². The number of nitrogens with one attached hydrogen (secondary N) is 1. The second-order valence-corrected chi connectivity index (χ2v) is 6.48. The van der Waals surface area contributed by atoms with Crippen molar-refractivity contribution in [2.24, 2.45) is 10.9 Å². The topological polar surface area (TPSA) is 67.8 Å². The van der Waals surface area contributed by atoms with Crippen LogP contribution in [0.3, 0.4) is 0 Å². The fraction of sp³-hybridized carbons (Fsp3) is 0.421. The van der Waals surface area contributed by atoms with Gasteiger partial charge in [-0.05, 0) is 49.9 Å². The molecule has 5 heteroatoms. The van der Waals surface area contributed by atoms with E-state index in [9.17, 15) is 9.59 Å². The van der Waals surface area contributed by atoms with Gasteiger partial charge in [-0.15, -0.1) is 6.42 Å². The van der Waals surface area contributed by atoms with Gasteiger partial charge < -0.3 is 10.1 Å². The maximum atomic E-state index is 12.4. The molecule has 1 aromatic carbocycles. The minimum Gasteiger partial charge on any atom is -0.449 e. The highest BCUT2D eigenvalue weighted by Crippen LogP contribution is 2.28. The number of benzene rings is 1. The Bertz CT molecular complexity index is 772. The summed E-state index contributed by atoms with van der Waals surface area (Å²) in [5.41, 5.74) is 1.99. The summed E-state index contributed by atoms with van der Waals surface area (Å²) in [4.78, 5) is 29.3. The lowest BCUT2D eigenvalue weighted by molar-refractivity contribution is -0.124. The summed E-state index contributed by atoms with van der Waals surface area (Å²) >= 11 is 0. The number of esters is 1. The zero-order valence-corrected chi connectivity index (χ0v) is 14.7. The molecule has 2 rings (SSSR count). The normalized spacial score (nSPS) is 19.7. The zero-order valence-electron chi connectivity index (χ0n) is 14.7. The molecule has 5 nitrogen and oxygen atoms in total. The zero-order chi connectivity index (χ0) is 18.1. The number of carbonyl (C=O) groups is 2. The van der Waals surface area contributed by atoms with Gasteiger partial charge >= 0.3 is 5.97 Å². The number of amides is 1. The molecular weight excluding hydrogens is 304 g/mol. The highest BCUT2D eigenvalue weighted by atomic mass is 16.5. The SMILES string of the molecule is C#CCOC(=O)c1cc(C)c(C)cc1C1=NC(C)(C(C)C)C(=O)N1. The van der Waals surface area contributed by atoms with Gasteiger partial charge in [0.05, 0.1) is 5.56 Å². The summed E-state index contributed by atoms with van der Waals surface area (Å²) in [6.45, 7) is 9.41. The number of carbonyl (C=O) groups excluding carboxylic acids is 2. The third-order valence-corrected chi connectivity index (χ3v) is 4.56. The molecule has 1 N–H and O–H groups in total. The number of hydrogen-bond donors (Lipinski definition) is 1. The predicted octanol–water partition coefficient (Wildman–Crippen LogP) is 2.38. The van der Waals surface area contributed by atoms with Crippen LogP contribution in [0.15, 0.2) is 17.1 Å². The van der Waals surface area contributed by atoms with Gasteiger partial charge in [0, 0.05) is 5.56 Å². The van der Waals surface area contributed by atoms with Crippen LogP contribution in [0.25, 0.3) is 0 Å². The van der Waals surface area contributed by atoms with Crippen LogP contribution in [0, 0.1) is 32.1 Å². The molecule has 0 saturated carbocycles. The quantitative estimate of drug-likeness (QED) is 0.682. The van der Waals surface area contributed by atoms with Crippen LogP contribution in [0.4, 0.5) is 0 Å². The van der Waals surface area contributed by atoms with E-state index in [-0.39, 0.29) is 18.4 Å². The molecule has 0 radical (unpaired) electrons. The number of terminal acetylenes is 1. The van der Waals surface area contributed by atoms with E-state index >= 15 is 0 Å². The van der Waals surface area contributed by atoms with E-state index in [0.29, 0.717) is 17.0 Å². The van der Waals surface area contributed by atoms with Crippen LogP contribution in [0.2, 0.25) is 0 Å². The summed E-state index contributed by atoms with van der Waals surface area (Å²) in [5.74, 6) is 2.00. The molecule has 1 aromatic rings. The van der Waals surface area contributed by atoms with Crippen molar-refractivity contribution in [3.05, 3.63) is 34.4 Å². The minimum absolute atomic E-state index is 0.0263. The van der Waals surface area contributed by atoms with Gasteiger partial charge in [0.2, 0.25) is 0 Å². The van der Waals surface area contributed by atoms with Crippen molar-refractivity contribution in [1.82, 2.24) is 5.32 Å². The Kier molecular flexibility index (Phi) is 4.79. The lowest BCUT2D eigenvalue weighted by Gasteiger charge is -2.21. The van der Waals surface area contributed by atoms with Crippen LogP contribution < -0.4 is 5.32 Å². The van der Waals surface area contributed by atoms with E-state index in [1.54, 1.807) is 13.0 Å². The lowest BCUT2D eigenvalue weighted by atomic mass is 9.89. The largest absolute Gasteiger partial charge is 0.449 e. The van der Waals surface area contributed by atoms with Crippen molar-refractivity contribution in [2.75, 3.05) is 6.61 Å². The highest BCUT2D eigenvalue weighted by Gasteiger charge is 2.42. The summed E-state index contributed by atoms with van der Waals surface area (Å²) in [7, 11) is 0. The molecule has 1 heterocycles. The van der Waals surface area contributed by atoms with Crippen molar-refractivity contribution in [3.8, 4) is 12.3 Å². The Labute approximate surface area is 142 Å². The third-order valence-electron chi connectivity index (χ3n) is 4.56. The first-order chi connectivity index (χ1) is 11.2. The maximum Gasteiger partial charge on any atom is 0.339 e. The van der Waals surface area contributed by atoms with E-state index in [0.717, 1.165) is 11.1 Å². The molecule has 1 amide bonds. The molecule has 0 spiro atoms. The van der Waals surface area contributed by atoms with Crippen LogP contribution in [0.1, 0.15) is 47.8 Å². The van der Waals surface area contributed by atoms with Crippen LogP contribution >= 0.6 is 0 Å². The van der Waals surface area contributed by atoms with Crippen LogP contribution in [-0.4, -0.2) is 29.9 Å². The molecule has 1 aliphatic heterocycles. The first-order valence-electron chi connectivity index (χ1n) is 7.84. The summed E-state index contributed by atoms with van der Waals surface area (Å²) < 4.78 is 5.06. The van der Waals surface area contributed by atoms with Crippen molar-refractivity contribution < 1.29 is 14.3 Å². The van der Waals surface area contributed by atoms with Crippen molar-refractivity contribution in [2.45, 2.75) is 40.2 Å². The average molecular weight is 326 g/mol. The van der Waals surface area contributed by atoms with Gasteiger partial charge in [-0.3, -0.25) is 9.79 Å². The number of nitrogens with zero attached hydrogens (tertiary/aromatic N) is 1. The maximum absolute atomic E-state index is 12.4. The number of aliphatic imine (C=N–C) groups is 1. The Hall–Kier alpha value is -2.61. The van der Waals surface area contributed by atoms with Gasteiger partial charge in [0.25, 0.3) is 5.91 Å². The molecule has 0 saturated heterocycles. The molecule has 0 bridgehead atoms. The molecule has 0 fully saturated rings. The Morgan fingerprint density at radius 2 is 2.00 bits per heavy atom. The first kappa shape index (κ1) is 17.7. The van der Waals surface area contributed by atoms with E-state index in [4.69, 9.17) is 11.2 Å². The molecule has 1 unspecified atom stereocenters. The minimum atomic E-state index is -0.853. The molecule has 126 valence electrons. The first-order valence-corrected chi connectivity index (χ1v) is 7.84. The van der Waals surface area contributed by atoms with Crippen LogP contribution in [-0.2, 0) is 9.53 Å². The predicted molar refractivity (Wildman–Crippen MR) is 93.0 cm³/mol. The molecule has 1 atom stereocenters. The van der Waals surface area contributed by atoms with Crippen molar-refractivity contribution >= 4 is 17.7 Å². The highest BCUT2D eigenvalue weighted by molar-refractivity contribution is 6.18. The van der Waals surface area contributed by atoms with E-state index in [1.807, 2.05) is 33.8 Å². The number of aryl methyl sites for hydroxylation is 2. The van der Waals surface area contributed by atoms with Gasteiger partial charge in [-0.25, -0.2) is 4.79 Å². The molecule has 0 aromatic heterocycles. The number of hydrogen-bond acceptors (Lipinski definition) is 4. The smallest absolute Gasteiger partial charge is 0.339 e. The lowest BCUT2D eigenvalue weighted by Crippen LogP contribution is -2.41. The Morgan fingerprint density at radius 3 is 2.54 bits per heavy atom. The van der Waals surface area contributed by atoms with Gasteiger partial charge in [-0.2, -0.15) is 0 Å². The van der Waals surface area contributed by atoms with Gasteiger partial charge in [0.15, 0.2) is 6.61 Å². The van der Waals surface area contributed by atoms with Gasteiger partial charge in [-0.1, -0.05) is 19.8 Å². The summed E-state index contributed by atoms with van der Waals surface area (Å²) in [5, 5.41) is 2.80. The monoisotopic (exact) mass is 326 g/mol. The summed E-state index contributed by atoms with van der Waals surface area (Å²) in [6, 6.07) is 3.58. The second kappa shape index (κ2) is 6.48. The third kappa shape index (κ3) is 3.05. The average Bonchev–Trinajstić information content (AvgIpc) is 2.84. The van der Waals surface area contributed by atoms with Crippen molar-refractivity contribution in [3.63, 3.8) is 0 Å². The second-order valence-electron chi connectivity index (χ2n) is 6.48. The van der Waals surface area contributed by atoms with Crippen LogP contribution in [0.5, 0.6) is 0 Å². The van der Waals surface area contributed by atoms with E-state index in [2.05, 4.69) is 16.2 Å². The fourth-order valence-electron chi connectivity index (χ4n) is 2.43. The standard InChI is InChI=1S/C19H22N2O3/c1-7-8-24-17(22)15-10-13(5)12(4)9-14(15)16-20-18(23)19(6,21-16)11(2)3/h1,9-11H,8H2,2-6H3,(H,20,21,23). The molecule has 0 aliphatic carbocycles. The Morgan fingerprint density at radius 1 is 1.38 bits per heavy atom. The molecular formula is C19H22N2O3. The number of ether oxygens (including phenoxy) is 1. The summed E-state index contributed by atoms with van der Waals surface area (Å²) in [6.07, 6.45) is 5.15. The molecule has 1 aliphatic rings. The fourth-order valence-corrected chi connectivity index (χ4v) is 2.43. The number of rotatable bonds is 4. The molecule has 24 heavy (non-hydrogen) atoms. The van der Waals surface area contributed by atoms with E-state index < -0.39 is 11.5 Å². The number of amidine groups is 1. The van der Waals surface area contributed by atoms with E-state index in [1.165, 1.54) is 0 Å². The Balaban J connectivity index is 2.55. The van der Waals surface area contributed by atoms with Gasteiger partial charge in [0.1, 0.15) is 11.4 Å².